The smallest absolute Gasteiger partial charge is 0.311 e. The van der Waals surface area contributed by atoms with Crippen LogP contribution in [0.15, 0.2) is 42.5 Å². The van der Waals surface area contributed by atoms with Gasteiger partial charge in [-0.15, -0.1) is 0 Å². The third-order valence-electron chi connectivity index (χ3n) is 6.41. The molecular formula is C28H38O2. The van der Waals surface area contributed by atoms with Gasteiger partial charge in [-0.1, -0.05) is 89.1 Å². The van der Waals surface area contributed by atoms with Crippen molar-refractivity contribution in [2.24, 2.45) is 5.92 Å². The van der Waals surface area contributed by atoms with Crippen molar-refractivity contribution in [1.29, 1.82) is 0 Å². The molecule has 0 radical (unpaired) electrons. The van der Waals surface area contributed by atoms with Crippen LogP contribution in [0.2, 0.25) is 0 Å². The Morgan fingerprint density at radius 1 is 0.867 bits per heavy atom. The van der Waals surface area contributed by atoms with E-state index < -0.39 is 0 Å². The average Bonchev–Trinajstić information content (AvgIpc) is 2.77. The number of esters is 1. The zero-order valence-electron chi connectivity index (χ0n) is 18.9. The number of unbranched alkanes of at least 4 members (excludes halogenated alkanes) is 5. The number of rotatable bonds is 11. The van der Waals surface area contributed by atoms with Gasteiger partial charge >= 0.3 is 5.97 Å². The second kappa shape index (κ2) is 11.9. The van der Waals surface area contributed by atoms with E-state index >= 15 is 0 Å². The second-order valence-electron chi connectivity index (χ2n) is 8.90. The fourth-order valence-corrected chi connectivity index (χ4v) is 4.51. The predicted molar refractivity (Wildman–Crippen MR) is 126 cm³/mol. The van der Waals surface area contributed by atoms with Crippen LogP contribution in [0.3, 0.4) is 0 Å². The quantitative estimate of drug-likeness (QED) is 0.215. The highest BCUT2D eigenvalue weighted by Crippen LogP contribution is 2.32. The van der Waals surface area contributed by atoms with Crippen molar-refractivity contribution < 1.29 is 9.53 Å². The van der Waals surface area contributed by atoms with Gasteiger partial charge in [-0.2, -0.15) is 0 Å². The van der Waals surface area contributed by atoms with Crippen molar-refractivity contribution in [2.75, 3.05) is 0 Å². The normalized spacial score (nSPS) is 15.6. The fourth-order valence-electron chi connectivity index (χ4n) is 4.51. The summed E-state index contributed by atoms with van der Waals surface area (Å²) in [6.07, 6.45) is 14.5. The summed E-state index contributed by atoms with van der Waals surface area (Å²) in [7, 11) is 0. The number of fused-ring (bicyclic) bond motifs is 1. The predicted octanol–water partition coefficient (Wildman–Crippen LogP) is 7.91. The summed E-state index contributed by atoms with van der Waals surface area (Å²) in [5.41, 5.74) is 5.51. The molecule has 0 N–H and O–H groups in total. The van der Waals surface area contributed by atoms with E-state index in [2.05, 4.69) is 44.2 Å². The molecule has 0 spiro atoms. The number of hydrogen-bond donors (Lipinski definition) is 0. The zero-order chi connectivity index (χ0) is 21.2. The first-order valence-corrected chi connectivity index (χ1v) is 12.1. The van der Waals surface area contributed by atoms with Gasteiger partial charge in [0.15, 0.2) is 0 Å². The molecule has 0 bridgehead atoms. The number of ether oxygens (including phenoxy) is 1. The van der Waals surface area contributed by atoms with Gasteiger partial charge in [0.05, 0.1) is 0 Å². The molecule has 3 rings (SSSR count). The molecule has 1 aliphatic rings. The van der Waals surface area contributed by atoms with Gasteiger partial charge in [-0.25, -0.2) is 0 Å². The van der Waals surface area contributed by atoms with Gasteiger partial charge in [-0.05, 0) is 66.0 Å². The number of carbonyl (C=O) groups excluding carboxylic acids is 1. The molecular weight excluding hydrogens is 368 g/mol. The molecule has 1 aliphatic carbocycles. The van der Waals surface area contributed by atoms with E-state index in [0.29, 0.717) is 12.2 Å². The first-order valence-electron chi connectivity index (χ1n) is 12.1. The highest BCUT2D eigenvalue weighted by Gasteiger charge is 2.18. The molecule has 2 aromatic rings. The molecule has 2 nitrogen and oxygen atoms in total. The molecule has 0 amide bonds. The Balaban J connectivity index is 1.54. The molecule has 0 fully saturated rings. The summed E-state index contributed by atoms with van der Waals surface area (Å²) in [5.74, 6) is 1.37. The Morgan fingerprint density at radius 2 is 1.60 bits per heavy atom. The molecule has 2 heteroatoms. The van der Waals surface area contributed by atoms with Gasteiger partial charge in [0.25, 0.3) is 0 Å². The van der Waals surface area contributed by atoms with Crippen molar-refractivity contribution in [2.45, 2.75) is 90.9 Å². The summed E-state index contributed by atoms with van der Waals surface area (Å²) >= 11 is 0. The van der Waals surface area contributed by atoms with E-state index in [-0.39, 0.29) is 5.97 Å². The minimum atomic E-state index is -0.140. The highest BCUT2D eigenvalue weighted by molar-refractivity contribution is 5.73. The first-order chi connectivity index (χ1) is 14.7. The van der Waals surface area contributed by atoms with Crippen LogP contribution in [-0.2, 0) is 17.6 Å². The third-order valence-corrected chi connectivity index (χ3v) is 6.41. The monoisotopic (exact) mass is 406 g/mol. The van der Waals surface area contributed by atoms with E-state index in [1.54, 1.807) is 5.56 Å². The van der Waals surface area contributed by atoms with E-state index in [9.17, 15) is 4.79 Å². The summed E-state index contributed by atoms with van der Waals surface area (Å²) in [4.78, 5) is 11.8. The molecule has 0 heterocycles. The van der Waals surface area contributed by atoms with Crippen molar-refractivity contribution in [3.8, 4) is 16.9 Å². The van der Waals surface area contributed by atoms with Crippen LogP contribution in [0, 0.1) is 5.92 Å². The van der Waals surface area contributed by atoms with E-state index in [1.807, 2.05) is 12.1 Å². The molecule has 162 valence electrons. The van der Waals surface area contributed by atoms with Crippen LogP contribution in [0.5, 0.6) is 5.75 Å². The lowest BCUT2D eigenvalue weighted by Crippen LogP contribution is -2.14. The number of benzene rings is 2. The number of hydrogen-bond acceptors (Lipinski definition) is 2. The Hall–Kier alpha value is -2.09. The zero-order valence-corrected chi connectivity index (χ0v) is 18.9. The summed E-state index contributed by atoms with van der Waals surface area (Å²) < 4.78 is 5.42. The molecule has 1 unspecified atom stereocenters. The lowest BCUT2D eigenvalue weighted by molar-refractivity contribution is -0.134. The summed E-state index contributed by atoms with van der Waals surface area (Å²) in [5, 5.41) is 0. The molecule has 30 heavy (non-hydrogen) atoms. The van der Waals surface area contributed by atoms with Crippen molar-refractivity contribution in [3.05, 3.63) is 53.6 Å². The summed E-state index contributed by atoms with van der Waals surface area (Å²) in [6.45, 7) is 4.36. The SMILES string of the molecule is CCCCCCCC1CCc2cc(-c3ccc(OC(=O)CCCC)cc3)ccc2C1. The van der Waals surface area contributed by atoms with Gasteiger partial charge < -0.3 is 4.74 Å². The van der Waals surface area contributed by atoms with E-state index in [4.69, 9.17) is 4.74 Å². The van der Waals surface area contributed by atoms with Gasteiger partial charge in [0.2, 0.25) is 0 Å². The third kappa shape index (κ3) is 6.72. The molecule has 2 aromatic carbocycles. The lowest BCUT2D eigenvalue weighted by atomic mass is 9.80. The standard InChI is InChI=1S/C28H38O2/c1-3-5-7-8-9-10-22-12-13-26-21-25(15-14-24(26)20-22)23-16-18-27(19-17-23)30-28(29)11-6-4-2/h14-19,21-22H,3-13,20H2,1-2H3. The van der Waals surface area contributed by atoms with Crippen LogP contribution in [-0.4, -0.2) is 5.97 Å². The Morgan fingerprint density at radius 3 is 2.37 bits per heavy atom. The van der Waals surface area contributed by atoms with Crippen LogP contribution in [0.1, 0.15) is 89.2 Å². The van der Waals surface area contributed by atoms with Crippen molar-refractivity contribution in [1.82, 2.24) is 0 Å². The second-order valence-corrected chi connectivity index (χ2v) is 8.90. The van der Waals surface area contributed by atoms with Crippen LogP contribution in [0.4, 0.5) is 0 Å². The topological polar surface area (TPSA) is 26.3 Å². The molecule has 0 saturated heterocycles. The molecule has 1 atom stereocenters. The van der Waals surface area contributed by atoms with Crippen LogP contribution in [0.25, 0.3) is 11.1 Å². The Labute approximate surface area is 183 Å². The van der Waals surface area contributed by atoms with Crippen molar-refractivity contribution >= 4 is 5.97 Å². The molecule has 0 aromatic heterocycles. The average molecular weight is 407 g/mol. The van der Waals surface area contributed by atoms with Crippen LogP contribution >= 0.6 is 0 Å². The Kier molecular flexibility index (Phi) is 8.99. The number of carbonyl (C=O) groups is 1. The lowest BCUT2D eigenvalue weighted by Gasteiger charge is -2.25. The van der Waals surface area contributed by atoms with Gasteiger partial charge in [-0.3, -0.25) is 4.79 Å². The highest BCUT2D eigenvalue weighted by atomic mass is 16.5. The van der Waals surface area contributed by atoms with E-state index in [0.717, 1.165) is 18.8 Å². The fraction of sp³-hybridized carbons (Fsp3) is 0.536. The summed E-state index contributed by atoms with van der Waals surface area (Å²) in [6, 6.07) is 14.9. The maximum atomic E-state index is 11.8. The van der Waals surface area contributed by atoms with Gasteiger partial charge in [0.1, 0.15) is 5.75 Å². The minimum absolute atomic E-state index is 0.140. The molecule has 0 aliphatic heterocycles. The Bertz CT molecular complexity index is 791. The first kappa shape index (κ1) is 22.6. The van der Waals surface area contributed by atoms with E-state index in [1.165, 1.54) is 74.5 Å². The maximum Gasteiger partial charge on any atom is 0.311 e. The molecule has 0 saturated carbocycles. The maximum absolute atomic E-state index is 11.8. The largest absolute Gasteiger partial charge is 0.427 e. The number of aryl methyl sites for hydroxylation is 1. The van der Waals surface area contributed by atoms with Crippen LogP contribution < -0.4 is 4.74 Å². The van der Waals surface area contributed by atoms with Gasteiger partial charge in [0, 0.05) is 6.42 Å². The van der Waals surface area contributed by atoms with Crippen molar-refractivity contribution in [3.63, 3.8) is 0 Å². The minimum Gasteiger partial charge on any atom is -0.427 e.